The Morgan fingerprint density at radius 3 is 2.58 bits per heavy atom. The highest BCUT2D eigenvalue weighted by Crippen LogP contribution is 2.27. The number of nitriles is 1. The lowest BCUT2D eigenvalue weighted by Gasteiger charge is -2.38. The van der Waals surface area contributed by atoms with Crippen molar-refractivity contribution in [3.63, 3.8) is 0 Å². The van der Waals surface area contributed by atoms with Gasteiger partial charge in [-0.25, -0.2) is 0 Å². The molecule has 0 N–H and O–H groups in total. The van der Waals surface area contributed by atoms with Crippen LogP contribution in [0.5, 0.6) is 0 Å². The van der Waals surface area contributed by atoms with Crippen molar-refractivity contribution in [2.75, 3.05) is 33.8 Å². The number of aryl methyl sites for hydroxylation is 1. The molecule has 3 aromatic rings. The van der Waals surface area contributed by atoms with Crippen LogP contribution in [0, 0.1) is 18.3 Å². The van der Waals surface area contributed by atoms with Crippen LogP contribution in [0.4, 0.5) is 0 Å². The lowest BCUT2D eigenvalue weighted by Crippen LogP contribution is -2.55. The number of piperazine rings is 1. The molecule has 4 rings (SSSR count). The van der Waals surface area contributed by atoms with Gasteiger partial charge >= 0.3 is 5.97 Å². The first-order chi connectivity index (χ1) is 17.4. The molecule has 1 aliphatic heterocycles. The fourth-order valence-corrected chi connectivity index (χ4v) is 5.50. The van der Waals surface area contributed by atoms with Gasteiger partial charge in [-0.15, -0.1) is 0 Å². The van der Waals surface area contributed by atoms with Gasteiger partial charge in [0.2, 0.25) is 0 Å². The van der Waals surface area contributed by atoms with Gasteiger partial charge in [0.05, 0.1) is 12.7 Å². The maximum absolute atomic E-state index is 12.4. The van der Waals surface area contributed by atoms with Gasteiger partial charge in [0.1, 0.15) is 12.1 Å². The maximum Gasteiger partial charge on any atom is 0.324 e. The first kappa shape index (κ1) is 25.6. The largest absolute Gasteiger partial charge is 0.468 e. The second-order valence-electron chi connectivity index (χ2n) is 9.49. The number of hydrogen-bond donors (Lipinski definition) is 0. The van der Waals surface area contributed by atoms with Crippen molar-refractivity contribution < 1.29 is 9.53 Å². The average molecular weight is 496 g/mol. The molecule has 0 aliphatic carbocycles. The molecule has 0 unspecified atom stereocenters. The Labute approximate surface area is 217 Å². The minimum atomic E-state index is -0.244. The van der Waals surface area contributed by atoms with Gasteiger partial charge in [0, 0.05) is 42.0 Å². The summed E-state index contributed by atoms with van der Waals surface area (Å²) in [7, 11) is 4.41. The third-order valence-electron chi connectivity index (χ3n) is 7.00. The van der Waals surface area contributed by atoms with Crippen LogP contribution in [-0.2, 0) is 16.1 Å². The van der Waals surface area contributed by atoms with Crippen LogP contribution in [0.1, 0.15) is 27.8 Å². The van der Waals surface area contributed by atoms with E-state index in [2.05, 4.69) is 47.1 Å². The van der Waals surface area contributed by atoms with Crippen LogP contribution < -0.4 is 5.19 Å². The van der Waals surface area contributed by atoms with Gasteiger partial charge in [0.25, 0.3) is 0 Å². The average Bonchev–Trinajstić information content (AvgIpc) is 2.90. The van der Waals surface area contributed by atoms with Crippen molar-refractivity contribution in [3.8, 4) is 17.2 Å². The van der Waals surface area contributed by atoms with Gasteiger partial charge in [0.15, 0.2) is 0 Å². The number of esters is 1. The van der Waals surface area contributed by atoms with Crippen LogP contribution in [0.2, 0.25) is 0 Å². The Morgan fingerprint density at radius 1 is 1.11 bits per heavy atom. The van der Waals surface area contributed by atoms with Gasteiger partial charge < -0.3 is 9.64 Å². The minimum Gasteiger partial charge on any atom is -0.468 e. The van der Waals surface area contributed by atoms with Crippen LogP contribution in [0.3, 0.4) is 0 Å². The Kier molecular flexibility index (Phi) is 8.16. The second-order valence-corrected chi connectivity index (χ2v) is 10.6. The minimum absolute atomic E-state index is 0.170. The fraction of sp³-hybridized carbons (Fsp3) is 0.267. The lowest BCUT2D eigenvalue weighted by atomic mass is 9.95. The number of ether oxygens (including phenoxy) is 1. The molecule has 0 saturated carbocycles. The zero-order valence-corrected chi connectivity index (χ0v) is 23.5. The van der Waals surface area contributed by atoms with Crippen LogP contribution >= 0.6 is 0 Å². The number of methoxy groups -OCH3 is 1. The van der Waals surface area contributed by atoms with E-state index < -0.39 is 0 Å². The SMILES string of the molecule is COC(=O)[C@@H]1CN(C)CCN1Cc1cc([SiH3])c(/C=C/c2cccc(-c3ccccc3)c2C#N)cc1C. The van der Waals surface area contributed by atoms with Crippen molar-refractivity contribution in [2.24, 2.45) is 0 Å². The highest BCUT2D eigenvalue weighted by molar-refractivity contribution is 6.34. The molecule has 0 spiro atoms. The molecular weight excluding hydrogens is 462 g/mol. The van der Waals surface area contributed by atoms with Crippen molar-refractivity contribution >= 4 is 33.6 Å². The van der Waals surface area contributed by atoms with E-state index in [1.54, 1.807) is 0 Å². The summed E-state index contributed by atoms with van der Waals surface area (Å²) in [5, 5.41) is 11.2. The number of carbonyl (C=O) groups excluding carboxylic acids is 1. The Balaban J connectivity index is 1.58. The zero-order valence-electron chi connectivity index (χ0n) is 21.5. The molecule has 1 atom stereocenters. The molecule has 0 radical (unpaired) electrons. The predicted octanol–water partition coefficient (Wildman–Crippen LogP) is 2.98. The van der Waals surface area contributed by atoms with Gasteiger partial charge in [-0.2, -0.15) is 5.26 Å². The van der Waals surface area contributed by atoms with Crippen molar-refractivity contribution in [2.45, 2.75) is 19.5 Å². The summed E-state index contributed by atoms with van der Waals surface area (Å²) in [4.78, 5) is 16.8. The quantitative estimate of drug-likeness (QED) is 0.299. The Hall–Kier alpha value is -3.50. The van der Waals surface area contributed by atoms with E-state index in [0.29, 0.717) is 12.1 Å². The number of nitrogens with zero attached hydrogens (tertiary/aromatic N) is 3. The number of carbonyl (C=O) groups is 1. The molecule has 0 aromatic heterocycles. The monoisotopic (exact) mass is 495 g/mol. The third-order valence-corrected chi connectivity index (χ3v) is 7.87. The summed E-state index contributed by atoms with van der Waals surface area (Å²) >= 11 is 0. The summed E-state index contributed by atoms with van der Waals surface area (Å²) < 4.78 is 5.08. The van der Waals surface area contributed by atoms with Crippen LogP contribution in [-0.4, -0.2) is 65.8 Å². The summed E-state index contributed by atoms with van der Waals surface area (Å²) in [6.45, 7) is 5.32. The number of hydrogen-bond acceptors (Lipinski definition) is 5. The first-order valence-corrected chi connectivity index (χ1v) is 13.3. The molecule has 1 heterocycles. The van der Waals surface area contributed by atoms with E-state index in [1.165, 1.54) is 29.0 Å². The molecule has 184 valence electrons. The standard InChI is InChI=1S/C30H33N3O2Si/c1-21-16-24(13-12-23-10-7-11-26(27(23)18-31)22-8-5-4-6-9-22)29(36)17-25(21)19-33-15-14-32(2)20-28(33)30(34)35-3/h4-13,16-17,28H,14-15,19-20H2,1-3,36H3/b13-12+/t28-/m0/s1. The molecule has 1 fully saturated rings. The topological polar surface area (TPSA) is 56.6 Å². The van der Waals surface area contributed by atoms with Gasteiger partial charge in [-0.3, -0.25) is 9.69 Å². The van der Waals surface area contributed by atoms with E-state index >= 15 is 0 Å². The van der Waals surface area contributed by atoms with E-state index in [4.69, 9.17) is 4.74 Å². The van der Waals surface area contributed by atoms with E-state index in [9.17, 15) is 10.1 Å². The summed E-state index contributed by atoms with van der Waals surface area (Å²) in [6, 6.07) is 22.7. The third kappa shape index (κ3) is 5.66. The normalized spacial score (nSPS) is 16.8. The summed E-state index contributed by atoms with van der Waals surface area (Å²) in [6.07, 6.45) is 4.17. The van der Waals surface area contributed by atoms with E-state index in [0.717, 1.165) is 46.6 Å². The zero-order chi connectivity index (χ0) is 25.7. The number of benzene rings is 3. The fourth-order valence-electron chi connectivity index (χ4n) is 4.84. The molecule has 1 aliphatic rings. The molecular formula is C30H33N3O2Si. The number of likely N-dealkylation sites (N-methyl/N-ethyl adjacent to an activating group) is 1. The molecule has 0 amide bonds. The molecule has 0 bridgehead atoms. The molecule has 3 aromatic carbocycles. The predicted molar refractivity (Wildman–Crippen MR) is 150 cm³/mol. The van der Waals surface area contributed by atoms with Crippen molar-refractivity contribution in [1.82, 2.24) is 9.80 Å². The number of rotatable bonds is 6. The smallest absolute Gasteiger partial charge is 0.324 e. The van der Waals surface area contributed by atoms with Gasteiger partial charge in [-0.05, 0) is 41.8 Å². The summed E-state index contributed by atoms with van der Waals surface area (Å²) in [5.41, 5.74) is 7.23. The highest BCUT2D eigenvalue weighted by atomic mass is 28.1. The summed E-state index contributed by atoms with van der Waals surface area (Å²) in [5.74, 6) is -0.170. The van der Waals surface area contributed by atoms with E-state index in [1.807, 2.05) is 55.6 Å². The Bertz CT molecular complexity index is 1310. The van der Waals surface area contributed by atoms with Crippen LogP contribution in [0.15, 0.2) is 60.7 Å². The second kappa shape index (κ2) is 11.5. The van der Waals surface area contributed by atoms with E-state index in [-0.39, 0.29) is 12.0 Å². The molecule has 1 saturated heterocycles. The van der Waals surface area contributed by atoms with Crippen molar-refractivity contribution in [1.29, 1.82) is 5.26 Å². The van der Waals surface area contributed by atoms with Crippen LogP contribution in [0.25, 0.3) is 23.3 Å². The Morgan fingerprint density at radius 2 is 1.86 bits per heavy atom. The molecule has 36 heavy (non-hydrogen) atoms. The highest BCUT2D eigenvalue weighted by Gasteiger charge is 2.32. The molecule has 6 heteroatoms. The molecule has 5 nitrogen and oxygen atoms in total. The van der Waals surface area contributed by atoms with Crippen molar-refractivity contribution in [3.05, 3.63) is 88.5 Å². The first-order valence-electron chi connectivity index (χ1n) is 12.3. The van der Waals surface area contributed by atoms with Gasteiger partial charge in [-0.1, -0.05) is 78.0 Å². The lowest BCUT2D eigenvalue weighted by molar-refractivity contribution is -0.149. The maximum atomic E-state index is 12.4.